The van der Waals surface area contributed by atoms with Crippen LogP contribution in [0.5, 0.6) is 11.5 Å². The van der Waals surface area contributed by atoms with Crippen molar-refractivity contribution in [2.45, 2.75) is 20.3 Å². The van der Waals surface area contributed by atoms with E-state index in [4.69, 9.17) is 14.2 Å². The third kappa shape index (κ3) is 4.65. The Bertz CT molecular complexity index is 1080. The summed E-state index contributed by atoms with van der Waals surface area (Å²) in [5.41, 5.74) is 2.15. The van der Waals surface area contributed by atoms with Gasteiger partial charge < -0.3 is 24.8 Å². The maximum Gasteiger partial charge on any atom is 0.351 e. The van der Waals surface area contributed by atoms with E-state index >= 15 is 0 Å². The van der Waals surface area contributed by atoms with Crippen LogP contribution in [0.3, 0.4) is 0 Å². The minimum atomic E-state index is -0.443. The van der Waals surface area contributed by atoms with Gasteiger partial charge in [-0.15, -0.1) is 11.3 Å². The van der Waals surface area contributed by atoms with Crippen molar-refractivity contribution in [3.63, 3.8) is 0 Å². The van der Waals surface area contributed by atoms with Gasteiger partial charge in [0, 0.05) is 15.8 Å². The third-order valence-corrected chi connectivity index (χ3v) is 5.46. The number of esters is 1. The number of urea groups is 1. The van der Waals surface area contributed by atoms with Crippen LogP contribution in [0.15, 0.2) is 36.4 Å². The number of ether oxygens (including phenoxy) is 3. The average molecular weight is 429 g/mol. The van der Waals surface area contributed by atoms with Crippen molar-refractivity contribution in [2.75, 3.05) is 31.5 Å². The molecule has 8 heteroatoms. The number of nitrogens with one attached hydrogen (secondary N) is 2. The van der Waals surface area contributed by atoms with Gasteiger partial charge in [0.15, 0.2) is 10.6 Å². The van der Waals surface area contributed by atoms with Crippen molar-refractivity contribution in [1.82, 2.24) is 0 Å². The Morgan fingerprint density at radius 2 is 1.87 bits per heavy atom. The molecule has 0 radical (unpaired) electrons. The molecule has 0 saturated heterocycles. The lowest BCUT2D eigenvalue weighted by Crippen LogP contribution is -2.19. The van der Waals surface area contributed by atoms with Crippen molar-refractivity contribution in [1.29, 1.82) is 0 Å². The van der Waals surface area contributed by atoms with Gasteiger partial charge in [-0.05, 0) is 49.2 Å². The molecule has 30 heavy (non-hydrogen) atoms. The molecule has 1 heterocycles. The van der Waals surface area contributed by atoms with E-state index < -0.39 is 12.0 Å². The first-order valence-corrected chi connectivity index (χ1v) is 10.3. The molecule has 1 aromatic heterocycles. The maximum atomic E-state index is 12.5. The summed E-state index contributed by atoms with van der Waals surface area (Å²) >= 11 is 1.30. The highest BCUT2D eigenvalue weighted by molar-refractivity contribution is 7.21. The van der Waals surface area contributed by atoms with E-state index in [1.807, 2.05) is 32.0 Å². The van der Waals surface area contributed by atoms with Crippen LogP contribution in [0.2, 0.25) is 0 Å². The molecule has 3 rings (SSSR count). The Morgan fingerprint density at radius 1 is 1.07 bits per heavy atom. The van der Waals surface area contributed by atoms with Gasteiger partial charge in [-0.2, -0.15) is 0 Å². The number of anilines is 2. The predicted molar refractivity (Wildman–Crippen MR) is 119 cm³/mol. The molecule has 0 atom stereocenters. The zero-order valence-electron chi connectivity index (χ0n) is 17.3. The van der Waals surface area contributed by atoms with E-state index in [1.165, 1.54) is 18.4 Å². The minimum Gasteiger partial charge on any atom is -0.495 e. The summed E-state index contributed by atoms with van der Waals surface area (Å²) in [4.78, 5) is 25.1. The van der Waals surface area contributed by atoms with Crippen LogP contribution in [0, 0.1) is 6.92 Å². The van der Waals surface area contributed by atoms with E-state index in [0.29, 0.717) is 34.4 Å². The van der Waals surface area contributed by atoms with E-state index in [2.05, 4.69) is 10.6 Å². The van der Waals surface area contributed by atoms with E-state index in [-0.39, 0.29) is 0 Å². The van der Waals surface area contributed by atoms with Crippen LogP contribution >= 0.6 is 11.3 Å². The SMILES string of the molecule is CCCOc1c(C(=O)OC)sc2ccc(NC(=O)Nc3cc(C)ccc3OC)cc12. The second kappa shape index (κ2) is 9.49. The average Bonchev–Trinajstić information content (AvgIpc) is 3.09. The number of hydrogen-bond acceptors (Lipinski definition) is 6. The Labute approximate surface area is 178 Å². The number of rotatable bonds is 7. The van der Waals surface area contributed by atoms with Gasteiger partial charge in [-0.3, -0.25) is 0 Å². The Balaban J connectivity index is 1.87. The quantitative estimate of drug-likeness (QED) is 0.490. The first-order valence-electron chi connectivity index (χ1n) is 9.47. The zero-order valence-corrected chi connectivity index (χ0v) is 18.1. The maximum absolute atomic E-state index is 12.5. The fraction of sp³-hybridized carbons (Fsp3) is 0.273. The fourth-order valence-electron chi connectivity index (χ4n) is 2.93. The predicted octanol–water partition coefficient (Wildman–Crippen LogP) is 5.44. The minimum absolute atomic E-state index is 0.405. The molecular weight excluding hydrogens is 404 g/mol. The van der Waals surface area contributed by atoms with Crippen molar-refractivity contribution in [2.24, 2.45) is 0 Å². The summed E-state index contributed by atoms with van der Waals surface area (Å²) in [7, 11) is 2.89. The summed E-state index contributed by atoms with van der Waals surface area (Å²) in [5.74, 6) is 0.608. The normalized spacial score (nSPS) is 10.5. The third-order valence-electron chi connectivity index (χ3n) is 4.32. The van der Waals surface area contributed by atoms with Crippen molar-refractivity contribution in [3.8, 4) is 11.5 Å². The van der Waals surface area contributed by atoms with Crippen LogP contribution in [0.25, 0.3) is 10.1 Å². The molecule has 0 aliphatic heterocycles. The number of thiophene rings is 1. The Kier molecular flexibility index (Phi) is 6.79. The number of fused-ring (bicyclic) bond motifs is 1. The smallest absolute Gasteiger partial charge is 0.351 e. The van der Waals surface area contributed by atoms with Crippen LogP contribution in [0.1, 0.15) is 28.6 Å². The highest BCUT2D eigenvalue weighted by Gasteiger charge is 2.21. The summed E-state index contributed by atoms with van der Waals surface area (Å²) < 4.78 is 16.9. The van der Waals surface area contributed by atoms with Crippen molar-refractivity contribution >= 4 is 44.8 Å². The van der Waals surface area contributed by atoms with Gasteiger partial charge in [-0.1, -0.05) is 13.0 Å². The molecule has 158 valence electrons. The van der Waals surface area contributed by atoms with Crippen molar-refractivity contribution < 1.29 is 23.8 Å². The molecule has 2 N–H and O–H groups in total. The van der Waals surface area contributed by atoms with Crippen molar-refractivity contribution in [3.05, 3.63) is 46.8 Å². The topological polar surface area (TPSA) is 85.9 Å². The van der Waals surface area contributed by atoms with Gasteiger partial charge in [0.1, 0.15) is 5.75 Å². The lowest BCUT2D eigenvalue weighted by molar-refractivity contribution is 0.0602. The number of carbonyl (C=O) groups excluding carboxylic acids is 2. The molecule has 2 amide bonds. The lowest BCUT2D eigenvalue weighted by atomic mass is 10.2. The molecule has 0 aliphatic rings. The number of amides is 2. The molecule has 0 saturated carbocycles. The summed E-state index contributed by atoms with van der Waals surface area (Å²) in [6.45, 7) is 4.40. The highest BCUT2D eigenvalue weighted by atomic mass is 32.1. The molecule has 7 nitrogen and oxygen atoms in total. The van der Waals surface area contributed by atoms with Gasteiger partial charge in [-0.25, -0.2) is 9.59 Å². The van der Waals surface area contributed by atoms with Gasteiger partial charge in [0.2, 0.25) is 0 Å². The Morgan fingerprint density at radius 3 is 2.57 bits per heavy atom. The second-order valence-corrected chi connectivity index (χ2v) is 7.65. The standard InChI is InChI=1S/C22H24N2O5S/c1-5-10-29-19-15-12-14(7-9-18(15)30-20(19)21(25)28-4)23-22(26)24-16-11-13(2)6-8-17(16)27-3/h6-9,11-12H,5,10H2,1-4H3,(H2,23,24,26). The van der Waals surface area contributed by atoms with Gasteiger partial charge in [0.25, 0.3) is 0 Å². The van der Waals surface area contributed by atoms with E-state index in [9.17, 15) is 9.59 Å². The number of aryl methyl sites for hydroxylation is 1. The van der Waals surface area contributed by atoms with Crippen LogP contribution in [0.4, 0.5) is 16.2 Å². The summed E-state index contributed by atoms with van der Waals surface area (Å²) in [5, 5.41) is 6.37. The molecule has 2 aromatic carbocycles. The van der Waals surface area contributed by atoms with Crippen LogP contribution in [-0.2, 0) is 4.74 Å². The van der Waals surface area contributed by atoms with Crippen LogP contribution in [-0.4, -0.2) is 32.8 Å². The fourth-order valence-corrected chi connectivity index (χ4v) is 3.98. The zero-order chi connectivity index (χ0) is 21.7. The number of methoxy groups -OCH3 is 2. The molecule has 0 spiro atoms. The lowest BCUT2D eigenvalue weighted by Gasteiger charge is -2.12. The molecule has 0 unspecified atom stereocenters. The van der Waals surface area contributed by atoms with E-state index in [0.717, 1.165) is 22.1 Å². The highest BCUT2D eigenvalue weighted by Crippen LogP contribution is 2.40. The number of hydrogen-bond donors (Lipinski definition) is 2. The summed E-state index contributed by atoms with van der Waals surface area (Å²) in [6.07, 6.45) is 0.802. The monoisotopic (exact) mass is 428 g/mol. The first kappa shape index (κ1) is 21.4. The second-order valence-electron chi connectivity index (χ2n) is 6.59. The van der Waals surface area contributed by atoms with Gasteiger partial charge in [0.05, 0.1) is 26.5 Å². The molecule has 0 bridgehead atoms. The molecule has 0 aliphatic carbocycles. The Hall–Kier alpha value is -3.26. The number of carbonyl (C=O) groups is 2. The number of benzene rings is 2. The largest absolute Gasteiger partial charge is 0.495 e. The van der Waals surface area contributed by atoms with E-state index in [1.54, 1.807) is 25.3 Å². The molecule has 3 aromatic rings. The van der Waals surface area contributed by atoms with Crippen LogP contribution < -0.4 is 20.1 Å². The molecular formula is C22H24N2O5S. The van der Waals surface area contributed by atoms with Gasteiger partial charge >= 0.3 is 12.0 Å². The molecule has 0 fully saturated rings. The first-order chi connectivity index (χ1) is 14.5. The summed E-state index contributed by atoms with van der Waals surface area (Å²) in [6, 6.07) is 10.5.